The van der Waals surface area contributed by atoms with Crippen molar-refractivity contribution in [1.29, 1.82) is 0 Å². The minimum Gasteiger partial charge on any atom is -0.466 e. The van der Waals surface area contributed by atoms with Crippen LogP contribution >= 0.6 is 0 Å². The second-order valence-corrected chi connectivity index (χ2v) is 9.00. The number of hydrogen-bond acceptors (Lipinski definition) is 6. The third-order valence-electron chi connectivity index (χ3n) is 5.93. The van der Waals surface area contributed by atoms with Gasteiger partial charge in [-0.05, 0) is 44.9 Å². The highest BCUT2D eigenvalue weighted by molar-refractivity contribution is 6.30. The summed E-state index contributed by atoms with van der Waals surface area (Å²) >= 11 is 0. The summed E-state index contributed by atoms with van der Waals surface area (Å²) in [5.74, 6) is -1.79. The van der Waals surface area contributed by atoms with Crippen molar-refractivity contribution < 1.29 is 28.6 Å². The van der Waals surface area contributed by atoms with Gasteiger partial charge in [0.1, 0.15) is 12.7 Å². The topological polar surface area (TPSA) is 78.9 Å². The van der Waals surface area contributed by atoms with E-state index in [9.17, 15) is 14.4 Å². The van der Waals surface area contributed by atoms with Crippen LogP contribution < -0.4 is 0 Å². The number of cyclic esters (lactones) is 2. The number of ether oxygens (including phenoxy) is 3. The molecule has 0 aromatic carbocycles. The molecule has 1 atom stereocenters. The number of hydrogen-bond donors (Lipinski definition) is 0. The van der Waals surface area contributed by atoms with Gasteiger partial charge in [0.2, 0.25) is 0 Å². The number of unbranched alkanes of at least 4 members (excludes halogenated alkanes) is 13. The SMILES string of the molecule is CC/C=C/CCCCCCCOC(=O)CCCCCCCCCCC[C@H]1COC(=O)C(=O)O1. The smallest absolute Gasteiger partial charge is 0.417 e. The minimum atomic E-state index is -0.879. The van der Waals surface area contributed by atoms with E-state index in [1.807, 2.05) is 0 Å². The van der Waals surface area contributed by atoms with Gasteiger partial charge in [0.15, 0.2) is 0 Å². The largest absolute Gasteiger partial charge is 0.466 e. The van der Waals surface area contributed by atoms with Gasteiger partial charge in [0.05, 0.1) is 6.61 Å². The fraction of sp³-hybridized carbons (Fsp3) is 0.815. The summed E-state index contributed by atoms with van der Waals surface area (Å²) in [5, 5.41) is 0. The van der Waals surface area contributed by atoms with Crippen LogP contribution in [0.1, 0.15) is 122 Å². The molecule has 0 saturated carbocycles. The van der Waals surface area contributed by atoms with E-state index in [-0.39, 0.29) is 18.7 Å². The number of allylic oxidation sites excluding steroid dienone is 2. The quantitative estimate of drug-likeness (QED) is 0.0624. The summed E-state index contributed by atoms with van der Waals surface area (Å²) in [5.41, 5.74) is 0. The molecule has 1 saturated heterocycles. The molecular weight excluding hydrogens is 420 g/mol. The first-order valence-corrected chi connectivity index (χ1v) is 13.3. The maximum absolute atomic E-state index is 11.8. The van der Waals surface area contributed by atoms with Gasteiger partial charge in [-0.2, -0.15) is 0 Å². The normalized spacial score (nSPS) is 16.1. The van der Waals surface area contributed by atoms with Crippen LogP contribution in [-0.4, -0.2) is 37.2 Å². The lowest BCUT2D eigenvalue weighted by atomic mass is 10.0. The Labute approximate surface area is 200 Å². The van der Waals surface area contributed by atoms with Crippen LogP contribution in [0.5, 0.6) is 0 Å². The first kappa shape index (κ1) is 29.2. The number of carbonyl (C=O) groups excluding carboxylic acids is 3. The van der Waals surface area contributed by atoms with Crippen LogP contribution in [0, 0.1) is 0 Å². The van der Waals surface area contributed by atoms with Crippen molar-refractivity contribution in [1.82, 2.24) is 0 Å². The van der Waals surface area contributed by atoms with Crippen LogP contribution in [0.15, 0.2) is 12.2 Å². The zero-order chi connectivity index (χ0) is 24.0. The number of carbonyl (C=O) groups is 3. The van der Waals surface area contributed by atoms with Crippen molar-refractivity contribution in [2.24, 2.45) is 0 Å². The van der Waals surface area contributed by atoms with Gasteiger partial charge in [-0.25, -0.2) is 9.59 Å². The average molecular weight is 467 g/mol. The summed E-state index contributed by atoms with van der Waals surface area (Å²) < 4.78 is 15.1. The van der Waals surface area contributed by atoms with Crippen LogP contribution in [0.4, 0.5) is 0 Å². The van der Waals surface area contributed by atoms with Crippen molar-refractivity contribution in [2.75, 3.05) is 13.2 Å². The van der Waals surface area contributed by atoms with Crippen LogP contribution in [0.25, 0.3) is 0 Å². The molecule has 0 bridgehead atoms. The Bertz CT molecular complexity index is 557. The Morgan fingerprint density at radius 1 is 0.818 bits per heavy atom. The molecule has 0 aromatic rings. The first-order valence-electron chi connectivity index (χ1n) is 13.3. The maximum atomic E-state index is 11.8. The lowest BCUT2D eigenvalue weighted by Crippen LogP contribution is -2.36. The lowest BCUT2D eigenvalue weighted by Gasteiger charge is -2.21. The molecule has 0 amide bonds. The van der Waals surface area contributed by atoms with E-state index in [1.165, 1.54) is 57.8 Å². The summed E-state index contributed by atoms with van der Waals surface area (Å²) in [7, 11) is 0. The predicted molar refractivity (Wildman–Crippen MR) is 130 cm³/mol. The van der Waals surface area contributed by atoms with Crippen LogP contribution in [0.3, 0.4) is 0 Å². The van der Waals surface area contributed by atoms with E-state index in [4.69, 9.17) is 14.2 Å². The van der Waals surface area contributed by atoms with E-state index in [2.05, 4.69) is 19.1 Å². The summed E-state index contributed by atoms with van der Waals surface area (Å²) in [6.07, 6.45) is 23.8. The van der Waals surface area contributed by atoms with E-state index in [1.54, 1.807) is 0 Å². The third kappa shape index (κ3) is 17.3. The van der Waals surface area contributed by atoms with Gasteiger partial charge >= 0.3 is 17.9 Å². The fourth-order valence-corrected chi connectivity index (χ4v) is 3.92. The zero-order valence-corrected chi connectivity index (χ0v) is 20.8. The van der Waals surface area contributed by atoms with Crippen molar-refractivity contribution >= 4 is 17.9 Å². The molecule has 1 fully saturated rings. The van der Waals surface area contributed by atoms with Crippen molar-refractivity contribution in [3.05, 3.63) is 12.2 Å². The molecule has 0 N–H and O–H groups in total. The van der Waals surface area contributed by atoms with E-state index >= 15 is 0 Å². The molecule has 0 spiro atoms. The summed E-state index contributed by atoms with van der Waals surface area (Å²) in [6.45, 7) is 2.92. The molecule has 0 radical (unpaired) electrons. The molecule has 0 aliphatic carbocycles. The Hall–Kier alpha value is -1.85. The molecular formula is C27H46O6. The number of rotatable bonds is 21. The zero-order valence-electron chi connectivity index (χ0n) is 20.8. The average Bonchev–Trinajstić information content (AvgIpc) is 2.81. The van der Waals surface area contributed by atoms with Gasteiger partial charge in [-0.1, -0.05) is 83.3 Å². The van der Waals surface area contributed by atoms with E-state index in [0.29, 0.717) is 13.0 Å². The molecule has 1 rings (SSSR count). The third-order valence-corrected chi connectivity index (χ3v) is 5.93. The maximum Gasteiger partial charge on any atom is 0.417 e. The minimum absolute atomic E-state index is 0.0434. The van der Waals surface area contributed by atoms with Gasteiger partial charge in [0.25, 0.3) is 0 Å². The van der Waals surface area contributed by atoms with E-state index in [0.717, 1.165) is 51.4 Å². The van der Waals surface area contributed by atoms with Gasteiger partial charge in [-0.15, -0.1) is 0 Å². The Morgan fingerprint density at radius 3 is 2.09 bits per heavy atom. The molecule has 33 heavy (non-hydrogen) atoms. The molecule has 1 aliphatic rings. The van der Waals surface area contributed by atoms with Gasteiger partial charge in [0, 0.05) is 6.42 Å². The molecule has 6 heteroatoms. The van der Waals surface area contributed by atoms with Gasteiger partial charge < -0.3 is 14.2 Å². The molecule has 1 aliphatic heterocycles. The monoisotopic (exact) mass is 466 g/mol. The first-order chi connectivity index (χ1) is 16.1. The highest BCUT2D eigenvalue weighted by atomic mass is 16.6. The summed E-state index contributed by atoms with van der Waals surface area (Å²) in [6, 6.07) is 0. The van der Waals surface area contributed by atoms with Crippen LogP contribution in [-0.2, 0) is 28.6 Å². The highest BCUT2D eigenvalue weighted by Crippen LogP contribution is 2.15. The van der Waals surface area contributed by atoms with E-state index < -0.39 is 11.9 Å². The molecule has 190 valence electrons. The Morgan fingerprint density at radius 2 is 1.42 bits per heavy atom. The second kappa shape index (κ2) is 20.7. The molecule has 0 unspecified atom stereocenters. The summed E-state index contributed by atoms with van der Waals surface area (Å²) in [4.78, 5) is 33.8. The van der Waals surface area contributed by atoms with Crippen molar-refractivity contribution in [3.63, 3.8) is 0 Å². The number of esters is 3. The van der Waals surface area contributed by atoms with Crippen LogP contribution in [0.2, 0.25) is 0 Å². The molecule has 0 aromatic heterocycles. The predicted octanol–water partition coefficient (Wildman–Crippen LogP) is 6.60. The highest BCUT2D eigenvalue weighted by Gasteiger charge is 2.29. The Kier molecular flexibility index (Phi) is 18.3. The van der Waals surface area contributed by atoms with Gasteiger partial charge in [-0.3, -0.25) is 4.79 Å². The lowest BCUT2D eigenvalue weighted by molar-refractivity contribution is -0.185. The standard InChI is InChI=1S/C27H46O6/c1-2-3-4-5-6-10-13-16-19-22-31-25(28)21-18-15-12-9-7-8-11-14-17-20-24-23-32-26(29)27(30)33-24/h3-4,24H,2,5-23H2,1H3/b4-3+/t24-/m0/s1. The van der Waals surface area contributed by atoms with Crippen molar-refractivity contribution in [2.45, 2.75) is 129 Å². The molecule has 1 heterocycles. The Balaban J connectivity index is 1.76. The fourth-order valence-electron chi connectivity index (χ4n) is 3.92. The van der Waals surface area contributed by atoms with Crippen molar-refractivity contribution in [3.8, 4) is 0 Å². The molecule has 6 nitrogen and oxygen atoms in total. The second-order valence-electron chi connectivity index (χ2n) is 9.00.